The lowest BCUT2D eigenvalue weighted by molar-refractivity contribution is -0.00461. The monoisotopic (exact) mass is 293 g/mol. The average molecular weight is 293 g/mol. The van der Waals surface area contributed by atoms with Crippen LogP contribution in [0.3, 0.4) is 0 Å². The van der Waals surface area contributed by atoms with E-state index in [-0.39, 0.29) is 18.2 Å². The molecule has 0 spiro atoms. The normalized spacial score (nSPS) is 26.2. The fourth-order valence-electron chi connectivity index (χ4n) is 3.30. The van der Waals surface area contributed by atoms with Gasteiger partial charge in [0, 0.05) is 33.4 Å². The van der Waals surface area contributed by atoms with Crippen molar-refractivity contribution in [2.24, 2.45) is 5.92 Å². The molecule has 1 heterocycles. The Morgan fingerprint density at radius 1 is 1.05 bits per heavy atom. The third-order valence-corrected chi connectivity index (χ3v) is 4.42. The van der Waals surface area contributed by atoms with Crippen LogP contribution in [-0.4, -0.2) is 55.6 Å². The van der Waals surface area contributed by atoms with Gasteiger partial charge in [0.2, 0.25) is 0 Å². The van der Waals surface area contributed by atoms with Crippen LogP contribution in [0.15, 0.2) is 30.3 Å². The Morgan fingerprint density at radius 3 is 2.00 bits per heavy atom. The molecule has 2 rings (SSSR count). The SMILES string of the molecule is COC1CN(C(C(C)C)C(O)c2ccccc2)CC1OC. The van der Waals surface area contributed by atoms with Gasteiger partial charge in [-0.25, -0.2) is 0 Å². The first-order valence-electron chi connectivity index (χ1n) is 7.61. The van der Waals surface area contributed by atoms with Gasteiger partial charge >= 0.3 is 0 Å². The van der Waals surface area contributed by atoms with Crippen molar-refractivity contribution in [1.82, 2.24) is 4.90 Å². The van der Waals surface area contributed by atoms with Crippen LogP contribution in [0, 0.1) is 5.92 Å². The number of methoxy groups -OCH3 is 2. The fourth-order valence-corrected chi connectivity index (χ4v) is 3.30. The van der Waals surface area contributed by atoms with Gasteiger partial charge < -0.3 is 14.6 Å². The van der Waals surface area contributed by atoms with Crippen LogP contribution < -0.4 is 0 Å². The number of hydrogen-bond acceptors (Lipinski definition) is 4. The van der Waals surface area contributed by atoms with Crippen molar-refractivity contribution in [1.29, 1.82) is 0 Å². The van der Waals surface area contributed by atoms with Crippen LogP contribution in [0.5, 0.6) is 0 Å². The number of ether oxygens (including phenoxy) is 2. The van der Waals surface area contributed by atoms with E-state index in [2.05, 4.69) is 18.7 Å². The number of aliphatic hydroxyl groups excluding tert-OH is 1. The molecule has 21 heavy (non-hydrogen) atoms. The van der Waals surface area contributed by atoms with E-state index in [9.17, 15) is 5.11 Å². The molecule has 1 aromatic carbocycles. The van der Waals surface area contributed by atoms with E-state index in [0.717, 1.165) is 18.7 Å². The smallest absolute Gasteiger partial charge is 0.0971 e. The minimum atomic E-state index is -0.501. The van der Waals surface area contributed by atoms with E-state index in [0.29, 0.717) is 5.92 Å². The van der Waals surface area contributed by atoms with Crippen molar-refractivity contribution in [3.8, 4) is 0 Å². The standard InChI is InChI=1S/C17H27NO3/c1-12(2)16(17(19)13-8-6-5-7-9-13)18-10-14(20-3)15(11-18)21-4/h5-9,12,14-17,19H,10-11H2,1-4H3. The summed E-state index contributed by atoms with van der Waals surface area (Å²) in [6.45, 7) is 5.89. The second-order valence-electron chi connectivity index (χ2n) is 6.09. The summed E-state index contributed by atoms with van der Waals surface area (Å²) in [5, 5.41) is 10.8. The summed E-state index contributed by atoms with van der Waals surface area (Å²) >= 11 is 0. The van der Waals surface area contributed by atoms with Crippen LogP contribution in [-0.2, 0) is 9.47 Å². The second-order valence-corrected chi connectivity index (χ2v) is 6.09. The molecule has 4 nitrogen and oxygen atoms in total. The van der Waals surface area contributed by atoms with Crippen LogP contribution in [0.1, 0.15) is 25.5 Å². The van der Waals surface area contributed by atoms with Gasteiger partial charge in [-0.3, -0.25) is 4.90 Å². The van der Waals surface area contributed by atoms with Crippen molar-refractivity contribution in [2.45, 2.75) is 38.2 Å². The zero-order chi connectivity index (χ0) is 15.4. The molecule has 1 aromatic rings. The highest BCUT2D eigenvalue weighted by Crippen LogP contribution is 2.30. The number of aliphatic hydroxyl groups is 1. The molecule has 1 fully saturated rings. The van der Waals surface area contributed by atoms with Crippen molar-refractivity contribution in [2.75, 3.05) is 27.3 Å². The number of hydrogen-bond donors (Lipinski definition) is 1. The lowest BCUT2D eigenvalue weighted by atomic mass is 9.92. The topological polar surface area (TPSA) is 41.9 Å². The molecular weight excluding hydrogens is 266 g/mol. The molecule has 0 aliphatic carbocycles. The summed E-state index contributed by atoms with van der Waals surface area (Å²) < 4.78 is 11.0. The lowest BCUT2D eigenvalue weighted by Gasteiger charge is -2.35. The Hall–Kier alpha value is -0.940. The number of likely N-dealkylation sites (tertiary alicyclic amines) is 1. The van der Waals surface area contributed by atoms with Gasteiger partial charge in [-0.2, -0.15) is 0 Å². The largest absolute Gasteiger partial charge is 0.387 e. The zero-order valence-corrected chi connectivity index (χ0v) is 13.4. The molecule has 0 aromatic heterocycles. The van der Waals surface area contributed by atoms with Gasteiger partial charge in [0.05, 0.1) is 18.3 Å². The van der Waals surface area contributed by atoms with Crippen molar-refractivity contribution < 1.29 is 14.6 Å². The van der Waals surface area contributed by atoms with Crippen LogP contribution in [0.2, 0.25) is 0 Å². The Labute approximate surface area is 127 Å². The molecule has 4 unspecified atom stereocenters. The first kappa shape index (κ1) is 16.4. The summed E-state index contributed by atoms with van der Waals surface area (Å²) in [5.74, 6) is 0.341. The molecule has 0 saturated carbocycles. The third-order valence-electron chi connectivity index (χ3n) is 4.42. The highest BCUT2D eigenvalue weighted by Gasteiger charge is 2.40. The molecule has 0 bridgehead atoms. The minimum Gasteiger partial charge on any atom is -0.387 e. The van der Waals surface area contributed by atoms with Crippen molar-refractivity contribution in [3.63, 3.8) is 0 Å². The van der Waals surface area contributed by atoms with E-state index in [1.807, 2.05) is 30.3 Å². The highest BCUT2D eigenvalue weighted by molar-refractivity contribution is 5.19. The van der Waals surface area contributed by atoms with Gasteiger partial charge in [-0.15, -0.1) is 0 Å². The van der Waals surface area contributed by atoms with Gasteiger partial charge in [-0.05, 0) is 11.5 Å². The molecule has 118 valence electrons. The number of rotatable bonds is 6. The van der Waals surface area contributed by atoms with E-state index < -0.39 is 6.10 Å². The molecule has 1 aliphatic rings. The summed E-state index contributed by atoms with van der Waals surface area (Å²) in [5.41, 5.74) is 0.964. The summed E-state index contributed by atoms with van der Waals surface area (Å²) in [4.78, 5) is 2.30. The minimum absolute atomic E-state index is 0.0604. The maximum atomic E-state index is 10.8. The van der Waals surface area contributed by atoms with Crippen molar-refractivity contribution >= 4 is 0 Å². The molecule has 4 atom stereocenters. The summed E-state index contributed by atoms with van der Waals surface area (Å²) in [6, 6.07) is 9.93. The maximum absolute atomic E-state index is 10.8. The second kappa shape index (κ2) is 7.36. The number of benzene rings is 1. The molecule has 0 amide bonds. The molecule has 1 saturated heterocycles. The lowest BCUT2D eigenvalue weighted by Crippen LogP contribution is -2.42. The van der Waals surface area contributed by atoms with Crippen molar-refractivity contribution in [3.05, 3.63) is 35.9 Å². The van der Waals surface area contributed by atoms with E-state index in [4.69, 9.17) is 9.47 Å². The highest BCUT2D eigenvalue weighted by atomic mass is 16.5. The first-order valence-corrected chi connectivity index (χ1v) is 7.61. The average Bonchev–Trinajstić information content (AvgIpc) is 2.90. The number of nitrogens with zero attached hydrogens (tertiary/aromatic N) is 1. The van der Waals surface area contributed by atoms with Gasteiger partial charge in [0.25, 0.3) is 0 Å². The van der Waals surface area contributed by atoms with E-state index >= 15 is 0 Å². The van der Waals surface area contributed by atoms with Crippen LogP contribution >= 0.6 is 0 Å². The molecule has 4 heteroatoms. The maximum Gasteiger partial charge on any atom is 0.0971 e. The fraction of sp³-hybridized carbons (Fsp3) is 0.647. The predicted molar refractivity (Wildman–Crippen MR) is 83.2 cm³/mol. The Bertz CT molecular complexity index is 411. The van der Waals surface area contributed by atoms with Gasteiger partial charge in [0.15, 0.2) is 0 Å². The Morgan fingerprint density at radius 2 is 1.57 bits per heavy atom. The summed E-state index contributed by atoms with van der Waals surface area (Å²) in [7, 11) is 3.44. The van der Waals surface area contributed by atoms with E-state index in [1.54, 1.807) is 14.2 Å². The quantitative estimate of drug-likeness (QED) is 0.872. The molecule has 1 aliphatic heterocycles. The van der Waals surface area contributed by atoms with E-state index in [1.165, 1.54) is 0 Å². The molecular formula is C17H27NO3. The van der Waals surface area contributed by atoms with Crippen LogP contribution in [0.4, 0.5) is 0 Å². The predicted octanol–water partition coefficient (Wildman–Crippen LogP) is 2.09. The summed E-state index contributed by atoms with van der Waals surface area (Å²) in [6.07, 6.45) is -0.363. The first-order chi connectivity index (χ1) is 10.1. The Balaban J connectivity index is 2.16. The molecule has 0 radical (unpaired) electrons. The molecule has 1 N–H and O–H groups in total. The zero-order valence-electron chi connectivity index (χ0n) is 13.4. The van der Waals surface area contributed by atoms with Crippen LogP contribution in [0.25, 0.3) is 0 Å². The Kier molecular flexibility index (Phi) is 5.76. The third kappa shape index (κ3) is 3.64. The van der Waals surface area contributed by atoms with Gasteiger partial charge in [0.1, 0.15) is 0 Å². The van der Waals surface area contributed by atoms with Gasteiger partial charge in [-0.1, -0.05) is 44.2 Å².